The number of imide groups is 2. The van der Waals surface area contributed by atoms with Gasteiger partial charge in [-0.1, -0.05) is 0 Å². The van der Waals surface area contributed by atoms with Gasteiger partial charge in [-0.3, -0.25) is 4.79 Å². The maximum Gasteiger partial charge on any atom is 0.439 e. The Kier molecular flexibility index (Phi) is 7.54. The molecule has 0 fully saturated rings. The molecule has 0 radical (unpaired) electrons. The zero-order valence-corrected chi connectivity index (χ0v) is 18.9. The number of amides is 5. The van der Waals surface area contributed by atoms with E-state index < -0.39 is 35.3 Å². The fourth-order valence-electron chi connectivity index (χ4n) is 2.06. The van der Waals surface area contributed by atoms with Crippen LogP contribution in [0.25, 0.3) is 0 Å². The summed E-state index contributed by atoms with van der Waals surface area (Å²) in [4.78, 5) is 50.3. The molecule has 0 saturated heterocycles. The molecule has 5 amide bonds. The molecule has 1 aliphatic heterocycles. The van der Waals surface area contributed by atoms with E-state index in [-0.39, 0.29) is 12.3 Å². The van der Waals surface area contributed by atoms with Crippen LogP contribution in [0.4, 0.5) is 14.4 Å². The lowest BCUT2D eigenvalue weighted by Crippen LogP contribution is -2.61. The third-order valence-electron chi connectivity index (χ3n) is 3.05. The second kappa shape index (κ2) is 9.09. The van der Waals surface area contributed by atoms with E-state index in [4.69, 9.17) is 9.47 Å². The predicted octanol–water partition coefficient (Wildman–Crippen LogP) is 2.26. The van der Waals surface area contributed by atoms with E-state index in [1.807, 2.05) is 0 Å². The van der Waals surface area contributed by atoms with Gasteiger partial charge in [0.2, 0.25) is 5.91 Å². The second-order valence-corrected chi connectivity index (χ2v) is 8.63. The highest BCUT2D eigenvalue weighted by Crippen LogP contribution is 2.19. The van der Waals surface area contributed by atoms with E-state index >= 15 is 0 Å². The van der Waals surface area contributed by atoms with Gasteiger partial charge in [-0.15, -0.1) is 10.0 Å². The van der Waals surface area contributed by atoms with Crippen LogP contribution in [-0.4, -0.2) is 87.9 Å². The van der Waals surface area contributed by atoms with Crippen molar-refractivity contribution in [2.75, 3.05) is 20.6 Å². The minimum atomic E-state index is -1.07. The predicted molar refractivity (Wildman–Crippen MR) is 109 cm³/mol. The Morgan fingerprint density at radius 2 is 1.60 bits per heavy atom. The highest BCUT2D eigenvalue weighted by Gasteiger charge is 2.42. The summed E-state index contributed by atoms with van der Waals surface area (Å²) in [6.45, 7) is 10.5. The Bertz CT molecular complexity index is 762. The van der Waals surface area contributed by atoms with E-state index in [0.29, 0.717) is 10.0 Å². The summed E-state index contributed by atoms with van der Waals surface area (Å²) in [5, 5.41) is 11.2. The second-order valence-electron chi connectivity index (χ2n) is 8.63. The van der Waals surface area contributed by atoms with Crippen molar-refractivity contribution < 1.29 is 28.7 Å². The average molecular weight is 426 g/mol. The summed E-state index contributed by atoms with van der Waals surface area (Å²) in [5.41, 5.74) is -1.69. The Morgan fingerprint density at radius 1 is 1.07 bits per heavy atom. The number of hydrazone groups is 2. The highest BCUT2D eigenvalue weighted by molar-refractivity contribution is 6.32. The third kappa shape index (κ3) is 7.33. The molecule has 0 unspecified atom stereocenters. The van der Waals surface area contributed by atoms with Crippen molar-refractivity contribution >= 4 is 36.1 Å². The number of rotatable bonds is 3. The lowest BCUT2D eigenvalue weighted by Gasteiger charge is -2.37. The van der Waals surface area contributed by atoms with Gasteiger partial charge in [0.15, 0.2) is 0 Å². The van der Waals surface area contributed by atoms with Crippen LogP contribution in [0.1, 0.15) is 48.5 Å². The highest BCUT2D eigenvalue weighted by atomic mass is 16.6. The Morgan fingerprint density at radius 3 is 2.03 bits per heavy atom. The molecule has 0 aliphatic carbocycles. The summed E-state index contributed by atoms with van der Waals surface area (Å²) >= 11 is 0. The van der Waals surface area contributed by atoms with Gasteiger partial charge in [0.25, 0.3) is 0 Å². The molecule has 12 nitrogen and oxygen atoms in total. The summed E-state index contributed by atoms with van der Waals surface area (Å²) in [6, 6.07) is -1.05. The smallest absolute Gasteiger partial charge is 0.439 e. The first-order valence-electron chi connectivity index (χ1n) is 9.19. The van der Waals surface area contributed by atoms with Crippen LogP contribution >= 0.6 is 0 Å². The molecule has 0 atom stereocenters. The van der Waals surface area contributed by atoms with Gasteiger partial charge < -0.3 is 14.5 Å². The van der Waals surface area contributed by atoms with Crippen molar-refractivity contribution in [3.05, 3.63) is 0 Å². The average Bonchev–Trinajstić information content (AvgIpc) is 2.51. The molecule has 0 aromatic rings. The normalized spacial score (nSPS) is 15.1. The number of carbonyl (C=O) groups is 4. The van der Waals surface area contributed by atoms with Gasteiger partial charge in [0.05, 0.1) is 12.8 Å². The SMILES string of the molecule is CC(=O)N(C(=O)OC(C)(C)C)N1CC(/C=N\N(C)C)=NN(C(=O)OC(C)(C)C)C1=O. The van der Waals surface area contributed by atoms with Crippen molar-refractivity contribution in [3.8, 4) is 0 Å². The number of hydrazine groups is 1. The number of ether oxygens (including phenoxy) is 2. The lowest BCUT2D eigenvalue weighted by molar-refractivity contribution is -0.140. The topological polar surface area (TPSA) is 124 Å². The number of hydrogen-bond donors (Lipinski definition) is 0. The molecule has 0 aromatic heterocycles. The number of urea groups is 1. The van der Waals surface area contributed by atoms with Gasteiger partial charge >= 0.3 is 18.2 Å². The van der Waals surface area contributed by atoms with Crippen molar-refractivity contribution in [2.24, 2.45) is 10.2 Å². The van der Waals surface area contributed by atoms with Crippen molar-refractivity contribution in [1.29, 1.82) is 0 Å². The maximum atomic E-state index is 12.9. The quantitative estimate of drug-likeness (QED) is 0.501. The molecule has 0 aromatic carbocycles. The summed E-state index contributed by atoms with van der Waals surface area (Å²) < 4.78 is 10.4. The van der Waals surface area contributed by atoms with Crippen molar-refractivity contribution in [1.82, 2.24) is 20.0 Å². The van der Waals surface area contributed by atoms with Crippen molar-refractivity contribution in [3.63, 3.8) is 0 Å². The molecule has 0 spiro atoms. The summed E-state index contributed by atoms with van der Waals surface area (Å²) in [6.07, 6.45) is -0.844. The number of hydrogen-bond acceptors (Lipinski definition) is 9. The van der Waals surface area contributed by atoms with Crippen LogP contribution in [0.5, 0.6) is 0 Å². The van der Waals surface area contributed by atoms with Gasteiger partial charge in [-0.25, -0.2) is 19.4 Å². The Balaban J connectivity index is 3.37. The minimum Gasteiger partial charge on any atom is -0.442 e. The molecule has 1 rings (SSSR count). The van der Waals surface area contributed by atoms with E-state index in [0.717, 1.165) is 11.9 Å². The van der Waals surface area contributed by atoms with Crippen LogP contribution < -0.4 is 0 Å². The molecular formula is C18H30N6O6. The third-order valence-corrected chi connectivity index (χ3v) is 3.05. The number of carbonyl (C=O) groups excluding carboxylic acids is 4. The molecule has 168 valence electrons. The summed E-state index contributed by atoms with van der Waals surface area (Å²) in [7, 11) is 3.33. The maximum absolute atomic E-state index is 12.9. The lowest BCUT2D eigenvalue weighted by atomic mass is 10.2. The van der Waals surface area contributed by atoms with E-state index in [1.54, 1.807) is 55.6 Å². The zero-order chi connectivity index (χ0) is 23.4. The molecule has 1 aliphatic rings. The van der Waals surface area contributed by atoms with Crippen LogP contribution in [0.3, 0.4) is 0 Å². The fraction of sp³-hybridized carbons (Fsp3) is 0.667. The Labute approximate surface area is 176 Å². The first-order chi connectivity index (χ1) is 13.5. The fourth-order valence-corrected chi connectivity index (χ4v) is 2.06. The van der Waals surface area contributed by atoms with Crippen LogP contribution in [0.2, 0.25) is 0 Å². The molecule has 0 N–H and O–H groups in total. The van der Waals surface area contributed by atoms with Crippen LogP contribution in [0.15, 0.2) is 10.2 Å². The van der Waals surface area contributed by atoms with E-state index in [9.17, 15) is 19.2 Å². The molecule has 30 heavy (non-hydrogen) atoms. The molecule has 0 bridgehead atoms. The zero-order valence-electron chi connectivity index (χ0n) is 18.9. The van der Waals surface area contributed by atoms with Gasteiger partial charge in [0.1, 0.15) is 16.9 Å². The van der Waals surface area contributed by atoms with Gasteiger partial charge in [0, 0.05) is 21.0 Å². The van der Waals surface area contributed by atoms with Crippen LogP contribution in [-0.2, 0) is 14.3 Å². The summed E-state index contributed by atoms with van der Waals surface area (Å²) in [5.74, 6) is -0.785. The first kappa shape index (κ1) is 24.9. The van der Waals surface area contributed by atoms with Gasteiger partial charge in [-0.05, 0) is 41.5 Å². The van der Waals surface area contributed by atoms with Crippen molar-refractivity contribution in [2.45, 2.75) is 59.7 Å². The van der Waals surface area contributed by atoms with E-state index in [2.05, 4.69) is 10.2 Å². The monoisotopic (exact) mass is 426 g/mol. The molecule has 12 heteroatoms. The molecule has 1 heterocycles. The first-order valence-corrected chi connectivity index (χ1v) is 9.19. The molecular weight excluding hydrogens is 396 g/mol. The molecule has 0 saturated carbocycles. The van der Waals surface area contributed by atoms with E-state index in [1.165, 1.54) is 11.2 Å². The minimum absolute atomic E-state index is 0.129. The van der Waals surface area contributed by atoms with Gasteiger partial charge in [-0.2, -0.15) is 10.2 Å². The Hall–Kier alpha value is -3.18. The standard InChI is InChI=1S/C18H30N6O6/c1-12(25)24(16(28)30-18(5,6)7)22-11-13(10-19-21(8)9)20-23(14(22)26)15(27)29-17(2,3)4/h10H,11H2,1-9H3/b19-10-. The van der Waals surface area contributed by atoms with Crippen LogP contribution in [0, 0.1) is 0 Å². The largest absolute Gasteiger partial charge is 0.442 e. The number of nitrogens with zero attached hydrogens (tertiary/aromatic N) is 6.